The van der Waals surface area contributed by atoms with Gasteiger partial charge in [0.2, 0.25) is 0 Å². The lowest BCUT2D eigenvalue weighted by Crippen LogP contribution is -1.93. The van der Waals surface area contributed by atoms with Crippen molar-refractivity contribution in [3.05, 3.63) is 29.3 Å². The molecule has 0 bridgehead atoms. The monoisotopic (exact) mass is 312 g/mol. The lowest BCUT2D eigenvalue weighted by Gasteiger charge is -2.04. The SMILES string of the molecule is CSc1nnc(SCc2cc(C(C)=O)ccc2O)s1. The van der Waals surface area contributed by atoms with Gasteiger partial charge in [-0.05, 0) is 31.4 Å². The summed E-state index contributed by atoms with van der Waals surface area (Å²) in [5.74, 6) is 0.759. The first-order valence-electron chi connectivity index (χ1n) is 5.43. The van der Waals surface area contributed by atoms with Gasteiger partial charge in [-0.3, -0.25) is 4.79 Å². The number of aromatic nitrogens is 2. The number of thioether (sulfide) groups is 2. The number of ketones is 1. The van der Waals surface area contributed by atoms with E-state index < -0.39 is 0 Å². The smallest absolute Gasteiger partial charge is 0.175 e. The molecule has 0 saturated heterocycles. The summed E-state index contributed by atoms with van der Waals surface area (Å²) >= 11 is 4.59. The third-order valence-corrected chi connectivity index (χ3v) is 5.48. The molecule has 100 valence electrons. The Kier molecular flexibility index (Phi) is 4.84. The molecule has 0 spiro atoms. The average molecular weight is 312 g/mol. The quantitative estimate of drug-likeness (QED) is 0.674. The van der Waals surface area contributed by atoms with Crippen LogP contribution in [0.1, 0.15) is 22.8 Å². The number of carbonyl (C=O) groups is 1. The van der Waals surface area contributed by atoms with Crippen molar-refractivity contribution in [1.29, 1.82) is 0 Å². The Morgan fingerprint density at radius 3 is 2.74 bits per heavy atom. The molecule has 1 aromatic heterocycles. The number of rotatable bonds is 5. The van der Waals surface area contributed by atoms with Gasteiger partial charge in [-0.15, -0.1) is 10.2 Å². The van der Waals surface area contributed by atoms with Crippen molar-refractivity contribution < 1.29 is 9.90 Å². The number of nitrogens with zero attached hydrogens (tertiary/aromatic N) is 2. The van der Waals surface area contributed by atoms with Gasteiger partial charge in [-0.2, -0.15) is 0 Å². The summed E-state index contributed by atoms with van der Waals surface area (Å²) < 4.78 is 1.78. The van der Waals surface area contributed by atoms with E-state index in [-0.39, 0.29) is 11.5 Å². The summed E-state index contributed by atoms with van der Waals surface area (Å²) in [7, 11) is 0. The fourth-order valence-electron chi connectivity index (χ4n) is 1.40. The Bertz CT molecular complexity index is 598. The van der Waals surface area contributed by atoms with Crippen molar-refractivity contribution >= 4 is 40.6 Å². The highest BCUT2D eigenvalue weighted by Crippen LogP contribution is 2.32. The second-order valence-corrected chi connectivity index (χ2v) is 6.98. The van der Waals surface area contributed by atoms with E-state index in [1.807, 2.05) is 6.26 Å². The highest BCUT2D eigenvalue weighted by Gasteiger charge is 2.09. The van der Waals surface area contributed by atoms with E-state index in [4.69, 9.17) is 0 Å². The zero-order valence-corrected chi connectivity index (χ0v) is 12.9. The zero-order valence-electron chi connectivity index (χ0n) is 10.4. The van der Waals surface area contributed by atoms with Crippen molar-refractivity contribution in [2.45, 2.75) is 21.4 Å². The third-order valence-electron chi connectivity index (χ3n) is 2.40. The summed E-state index contributed by atoms with van der Waals surface area (Å²) in [6.45, 7) is 1.51. The summed E-state index contributed by atoms with van der Waals surface area (Å²) in [5, 5.41) is 17.8. The molecule has 1 aromatic carbocycles. The molecule has 0 aliphatic carbocycles. The van der Waals surface area contributed by atoms with E-state index in [1.54, 1.807) is 30.0 Å². The molecule has 0 fully saturated rings. The first-order chi connectivity index (χ1) is 9.10. The molecule has 4 nitrogen and oxygen atoms in total. The Morgan fingerprint density at radius 1 is 1.37 bits per heavy atom. The molecule has 0 saturated carbocycles. The number of Topliss-reactive ketones (excluding diaryl/α,β-unsaturated/α-hetero) is 1. The highest BCUT2D eigenvalue weighted by molar-refractivity contribution is 8.02. The normalized spacial score (nSPS) is 10.6. The topological polar surface area (TPSA) is 63.1 Å². The maximum Gasteiger partial charge on any atom is 0.175 e. The molecule has 0 atom stereocenters. The van der Waals surface area contributed by atoms with Crippen molar-refractivity contribution in [3.8, 4) is 5.75 Å². The molecule has 1 heterocycles. The first-order valence-corrected chi connectivity index (χ1v) is 8.46. The number of hydrogen-bond donors (Lipinski definition) is 1. The van der Waals surface area contributed by atoms with Crippen LogP contribution in [0.5, 0.6) is 5.75 Å². The van der Waals surface area contributed by atoms with Gasteiger partial charge < -0.3 is 5.11 Å². The van der Waals surface area contributed by atoms with Crippen LogP contribution < -0.4 is 0 Å². The van der Waals surface area contributed by atoms with Crippen LogP contribution in [0.4, 0.5) is 0 Å². The van der Waals surface area contributed by atoms with Gasteiger partial charge in [0.1, 0.15) is 5.75 Å². The fraction of sp³-hybridized carbons (Fsp3) is 0.250. The van der Waals surface area contributed by atoms with E-state index in [9.17, 15) is 9.90 Å². The van der Waals surface area contributed by atoms with Gasteiger partial charge in [0, 0.05) is 16.9 Å². The molecule has 0 unspecified atom stereocenters. The third kappa shape index (κ3) is 3.71. The predicted octanol–water partition coefficient (Wildman–Crippen LogP) is 3.46. The van der Waals surface area contributed by atoms with Gasteiger partial charge in [0.05, 0.1) is 0 Å². The number of carbonyl (C=O) groups excluding carboxylic acids is 1. The predicted molar refractivity (Wildman–Crippen MR) is 79.4 cm³/mol. The van der Waals surface area contributed by atoms with E-state index in [2.05, 4.69) is 10.2 Å². The molecule has 0 aliphatic heterocycles. The summed E-state index contributed by atoms with van der Waals surface area (Å²) in [6.07, 6.45) is 1.96. The van der Waals surface area contributed by atoms with Crippen LogP contribution in [0.2, 0.25) is 0 Å². The minimum atomic E-state index is -0.00756. The summed E-state index contributed by atoms with van der Waals surface area (Å²) in [4.78, 5) is 11.3. The maximum absolute atomic E-state index is 11.3. The Morgan fingerprint density at radius 2 is 2.11 bits per heavy atom. The highest BCUT2D eigenvalue weighted by atomic mass is 32.2. The van der Waals surface area contributed by atoms with Crippen molar-refractivity contribution in [2.24, 2.45) is 0 Å². The molecular weight excluding hydrogens is 300 g/mol. The lowest BCUT2D eigenvalue weighted by atomic mass is 10.1. The molecule has 0 aliphatic rings. The van der Waals surface area contributed by atoms with Crippen LogP contribution >= 0.6 is 34.9 Å². The second kappa shape index (κ2) is 6.40. The number of hydrogen-bond acceptors (Lipinski definition) is 7. The van der Waals surface area contributed by atoms with Crippen LogP contribution in [0, 0.1) is 0 Å². The van der Waals surface area contributed by atoms with Gasteiger partial charge in [-0.25, -0.2) is 0 Å². The Hall–Kier alpha value is -1.05. The van der Waals surface area contributed by atoms with E-state index in [0.29, 0.717) is 11.3 Å². The maximum atomic E-state index is 11.3. The largest absolute Gasteiger partial charge is 0.508 e. The van der Waals surface area contributed by atoms with Crippen LogP contribution in [0.3, 0.4) is 0 Å². The average Bonchev–Trinajstić information content (AvgIpc) is 2.85. The number of phenols is 1. The van der Waals surface area contributed by atoms with E-state index >= 15 is 0 Å². The van der Waals surface area contributed by atoms with Gasteiger partial charge in [-0.1, -0.05) is 34.9 Å². The summed E-state index contributed by atoms with van der Waals surface area (Å²) in [6, 6.07) is 4.91. The standard InChI is InChI=1S/C12H12N2O2S3/c1-7(15)8-3-4-10(16)9(5-8)6-18-12-14-13-11(17-2)19-12/h3-5,16H,6H2,1-2H3. The van der Waals surface area contributed by atoms with Gasteiger partial charge in [0.25, 0.3) is 0 Å². The van der Waals surface area contributed by atoms with Crippen LogP contribution in [-0.2, 0) is 5.75 Å². The van der Waals surface area contributed by atoms with Gasteiger partial charge >= 0.3 is 0 Å². The number of aromatic hydroxyl groups is 1. The van der Waals surface area contributed by atoms with Crippen LogP contribution in [0.15, 0.2) is 26.9 Å². The molecule has 19 heavy (non-hydrogen) atoms. The lowest BCUT2D eigenvalue weighted by molar-refractivity contribution is 0.101. The summed E-state index contributed by atoms with van der Waals surface area (Å²) in [5.41, 5.74) is 1.34. The molecule has 1 N–H and O–H groups in total. The van der Waals surface area contributed by atoms with Crippen molar-refractivity contribution in [2.75, 3.05) is 6.26 Å². The van der Waals surface area contributed by atoms with Crippen molar-refractivity contribution in [3.63, 3.8) is 0 Å². The van der Waals surface area contributed by atoms with Crippen LogP contribution in [0.25, 0.3) is 0 Å². The zero-order chi connectivity index (χ0) is 13.8. The molecule has 0 radical (unpaired) electrons. The van der Waals surface area contributed by atoms with Crippen LogP contribution in [-0.4, -0.2) is 27.3 Å². The molecule has 2 aromatic rings. The minimum absolute atomic E-state index is 0.00756. The molecule has 2 rings (SSSR count). The number of benzene rings is 1. The van der Waals surface area contributed by atoms with E-state index in [1.165, 1.54) is 30.0 Å². The fourth-order valence-corrected chi connectivity index (χ4v) is 3.82. The molecule has 0 amide bonds. The molecular formula is C12H12N2O2S3. The molecule has 7 heteroatoms. The minimum Gasteiger partial charge on any atom is -0.508 e. The Balaban J connectivity index is 2.10. The van der Waals surface area contributed by atoms with Gasteiger partial charge in [0.15, 0.2) is 14.5 Å². The second-order valence-electron chi connectivity index (χ2n) is 3.73. The number of phenolic OH excluding ortho intramolecular Hbond substituents is 1. The van der Waals surface area contributed by atoms with E-state index in [0.717, 1.165) is 14.2 Å². The first kappa shape index (κ1) is 14.4. The van der Waals surface area contributed by atoms with Crippen molar-refractivity contribution in [1.82, 2.24) is 10.2 Å². The Labute approximate surface area is 123 Å².